The molecule has 7 heteroatoms. The van der Waals surface area contributed by atoms with Crippen LogP contribution in [0.1, 0.15) is 5.56 Å². The Labute approximate surface area is 161 Å². The van der Waals surface area contributed by atoms with Crippen molar-refractivity contribution < 1.29 is 9.53 Å². The molecule has 2 aromatic carbocycles. The molecule has 0 saturated heterocycles. The van der Waals surface area contributed by atoms with Gasteiger partial charge in [0.2, 0.25) is 0 Å². The molecular formula is C19H17Cl2N3O2. The number of carbonyl (C=O) groups excluding carboxylic acids is 1. The molecule has 3 aromatic rings. The molecule has 1 heterocycles. The smallest absolute Gasteiger partial charge is 0.257 e. The molecule has 3 rings (SSSR count). The molecule has 0 aliphatic heterocycles. The van der Waals surface area contributed by atoms with E-state index in [1.165, 1.54) is 0 Å². The van der Waals surface area contributed by atoms with E-state index >= 15 is 0 Å². The summed E-state index contributed by atoms with van der Waals surface area (Å²) in [5.74, 6) is 0.226. The summed E-state index contributed by atoms with van der Waals surface area (Å²) < 4.78 is 7.20. The first kappa shape index (κ1) is 18.3. The topological polar surface area (TPSA) is 56.1 Å². The second-order valence-corrected chi connectivity index (χ2v) is 6.42. The number of halogens is 2. The molecule has 0 radical (unpaired) electrons. The maximum atomic E-state index is 11.9. The number of ether oxygens (including phenoxy) is 1. The molecule has 0 aliphatic rings. The van der Waals surface area contributed by atoms with Gasteiger partial charge in [-0.3, -0.25) is 4.79 Å². The average molecular weight is 390 g/mol. The van der Waals surface area contributed by atoms with Gasteiger partial charge in [-0.05, 0) is 48.4 Å². The summed E-state index contributed by atoms with van der Waals surface area (Å²) in [6, 6.07) is 14.8. The molecule has 1 amide bonds. The Morgan fingerprint density at radius 2 is 1.96 bits per heavy atom. The van der Waals surface area contributed by atoms with E-state index in [4.69, 9.17) is 27.9 Å². The van der Waals surface area contributed by atoms with Gasteiger partial charge in [-0.15, -0.1) is 0 Å². The molecule has 26 heavy (non-hydrogen) atoms. The van der Waals surface area contributed by atoms with Crippen molar-refractivity contribution in [2.75, 3.05) is 13.2 Å². The van der Waals surface area contributed by atoms with Crippen LogP contribution in [-0.4, -0.2) is 28.8 Å². The Morgan fingerprint density at radius 1 is 1.15 bits per heavy atom. The normalized spacial score (nSPS) is 10.5. The molecule has 134 valence electrons. The van der Waals surface area contributed by atoms with Crippen molar-refractivity contribution in [2.45, 2.75) is 6.42 Å². The lowest BCUT2D eigenvalue weighted by Crippen LogP contribution is -2.30. The summed E-state index contributed by atoms with van der Waals surface area (Å²) in [5, 5.41) is 7.91. The van der Waals surface area contributed by atoms with E-state index < -0.39 is 0 Å². The standard InChI is InChI=1S/C19H17Cl2N3O2/c20-15-4-7-18(17(21)12-15)26-13-19(25)22-10-8-14-2-5-16(6-3-14)24-11-1-9-23-24/h1-7,9,11-12H,8,10,13H2,(H,22,25). The van der Waals surface area contributed by atoms with Crippen molar-refractivity contribution in [1.29, 1.82) is 0 Å². The molecule has 0 aliphatic carbocycles. The number of benzene rings is 2. The highest BCUT2D eigenvalue weighted by Gasteiger charge is 2.06. The highest BCUT2D eigenvalue weighted by molar-refractivity contribution is 6.35. The quantitative estimate of drug-likeness (QED) is 0.666. The summed E-state index contributed by atoms with van der Waals surface area (Å²) in [6.45, 7) is 0.428. The van der Waals surface area contributed by atoms with Crippen LogP contribution < -0.4 is 10.1 Å². The van der Waals surface area contributed by atoms with Crippen LogP contribution in [0.4, 0.5) is 0 Å². The molecule has 0 atom stereocenters. The molecule has 0 fully saturated rings. The van der Waals surface area contributed by atoms with Crippen LogP contribution in [0.25, 0.3) is 5.69 Å². The van der Waals surface area contributed by atoms with Gasteiger partial charge in [0.1, 0.15) is 5.75 Å². The molecule has 0 bridgehead atoms. The van der Waals surface area contributed by atoms with E-state index in [2.05, 4.69) is 10.4 Å². The Hall–Kier alpha value is -2.50. The number of hydrogen-bond donors (Lipinski definition) is 1. The van der Waals surface area contributed by atoms with Gasteiger partial charge in [-0.25, -0.2) is 4.68 Å². The van der Waals surface area contributed by atoms with Crippen molar-refractivity contribution in [3.8, 4) is 11.4 Å². The fraction of sp³-hybridized carbons (Fsp3) is 0.158. The van der Waals surface area contributed by atoms with E-state index in [1.54, 1.807) is 29.1 Å². The van der Waals surface area contributed by atoms with Crippen molar-refractivity contribution in [2.24, 2.45) is 0 Å². The van der Waals surface area contributed by atoms with Crippen LogP contribution in [0.5, 0.6) is 5.75 Å². The zero-order chi connectivity index (χ0) is 18.4. The van der Waals surface area contributed by atoms with Gasteiger partial charge < -0.3 is 10.1 Å². The molecule has 5 nitrogen and oxygen atoms in total. The predicted molar refractivity (Wildman–Crippen MR) is 102 cm³/mol. The monoisotopic (exact) mass is 389 g/mol. The zero-order valence-corrected chi connectivity index (χ0v) is 15.4. The lowest BCUT2D eigenvalue weighted by molar-refractivity contribution is -0.123. The third kappa shape index (κ3) is 5.00. The minimum atomic E-state index is -0.204. The first-order valence-corrected chi connectivity index (χ1v) is 8.81. The number of nitrogens with zero attached hydrogens (tertiary/aromatic N) is 2. The Bertz CT molecular complexity index is 865. The van der Waals surface area contributed by atoms with Crippen LogP contribution >= 0.6 is 23.2 Å². The molecule has 0 saturated carbocycles. The van der Waals surface area contributed by atoms with Crippen LogP contribution in [0.2, 0.25) is 10.0 Å². The van der Waals surface area contributed by atoms with E-state index in [1.807, 2.05) is 36.5 Å². The van der Waals surface area contributed by atoms with E-state index in [0.717, 1.165) is 17.7 Å². The fourth-order valence-electron chi connectivity index (χ4n) is 2.37. The van der Waals surface area contributed by atoms with Crippen molar-refractivity contribution in [3.63, 3.8) is 0 Å². The second kappa shape index (κ2) is 8.74. The predicted octanol–water partition coefficient (Wildman–Crippen LogP) is 3.92. The van der Waals surface area contributed by atoms with Crippen LogP contribution in [0.3, 0.4) is 0 Å². The van der Waals surface area contributed by atoms with E-state index in [-0.39, 0.29) is 12.5 Å². The maximum Gasteiger partial charge on any atom is 0.257 e. The third-order valence-electron chi connectivity index (χ3n) is 3.69. The van der Waals surface area contributed by atoms with E-state index in [9.17, 15) is 4.79 Å². The van der Waals surface area contributed by atoms with Crippen molar-refractivity contribution in [3.05, 3.63) is 76.5 Å². The molecule has 1 N–H and O–H groups in total. The SMILES string of the molecule is O=C(COc1ccc(Cl)cc1Cl)NCCc1ccc(-n2cccn2)cc1. The number of amides is 1. The number of aromatic nitrogens is 2. The second-order valence-electron chi connectivity index (χ2n) is 5.58. The largest absolute Gasteiger partial charge is 0.482 e. The minimum Gasteiger partial charge on any atom is -0.482 e. The maximum absolute atomic E-state index is 11.9. The summed E-state index contributed by atoms with van der Waals surface area (Å²) in [7, 11) is 0. The molecule has 0 unspecified atom stereocenters. The fourth-order valence-corrected chi connectivity index (χ4v) is 2.83. The van der Waals surface area contributed by atoms with Gasteiger partial charge in [0.15, 0.2) is 6.61 Å². The van der Waals surface area contributed by atoms with Gasteiger partial charge in [0.25, 0.3) is 5.91 Å². The Morgan fingerprint density at radius 3 is 2.65 bits per heavy atom. The number of rotatable bonds is 7. The van der Waals surface area contributed by atoms with Crippen LogP contribution in [-0.2, 0) is 11.2 Å². The average Bonchev–Trinajstić information content (AvgIpc) is 3.16. The van der Waals surface area contributed by atoms with Gasteiger partial charge in [0, 0.05) is 24.0 Å². The Kier molecular flexibility index (Phi) is 6.15. The third-order valence-corrected chi connectivity index (χ3v) is 4.22. The number of nitrogens with one attached hydrogen (secondary N) is 1. The minimum absolute atomic E-state index is 0.0976. The first-order chi connectivity index (χ1) is 12.6. The molecular weight excluding hydrogens is 373 g/mol. The summed E-state index contributed by atoms with van der Waals surface area (Å²) >= 11 is 11.8. The zero-order valence-electron chi connectivity index (χ0n) is 13.9. The first-order valence-electron chi connectivity index (χ1n) is 8.05. The van der Waals surface area contributed by atoms with Crippen molar-refractivity contribution in [1.82, 2.24) is 15.1 Å². The van der Waals surface area contributed by atoms with Crippen molar-refractivity contribution >= 4 is 29.1 Å². The summed E-state index contributed by atoms with van der Waals surface area (Å²) in [4.78, 5) is 11.9. The number of carbonyl (C=O) groups is 1. The summed E-state index contributed by atoms with van der Waals surface area (Å²) in [5.41, 5.74) is 2.12. The molecule has 1 aromatic heterocycles. The Balaban J connectivity index is 1.42. The van der Waals surface area contributed by atoms with Gasteiger partial charge in [-0.1, -0.05) is 35.3 Å². The number of hydrogen-bond acceptors (Lipinski definition) is 3. The highest BCUT2D eigenvalue weighted by Crippen LogP contribution is 2.27. The highest BCUT2D eigenvalue weighted by atomic mass is 35.5. The summed E-state index contributed by atoms with van der Waals surface area (Å²) in [6.07, 6.45) is 4.36. The van der Waals surface area contributed by atoms with E-state index in [0.29, 0.717) is 22.3 Å². The van der Waals surface area contributed by atoms with Gasteiger partial charge in [0.05, 0.1) is 10.7 Å². The van der Waals surface area contributed by atoms with Gasteiger partial charge in [-0.2, -0.15) is 5.10 Å². The van der Waals surface area contributed by atoms with Gasteiger partial charge >= 0.3 is 0 Å². The lowest BCUT2D eigenvalue weighted by atomic mass is 10.1. The van der Waals surface area contributed by atoms with Crippen LogP contribution in [0, 0.1) is 0 Å². The van der Waals surface area contributed by atoms with Crippen LogP contribution in [0.15, 0.2) is 60.9 Å². The lowest BCUT2D eigenvalue weighted by Gasteiger charge is -2.09. The molecule has 0 spiro atoms.